The molecule has 3 rings (SSSR count). The van der Waals surface area contributed by atoms with Crippen LogP contribution >= 0.6 is 30.4 Å². The van der Waals surface area contributed by atoms with Gasteiger partial charge in [-0.1, -0.05) is 22.6 Å². The molecule has 1 saturated heterocycles. The van der Waals surface area contributed by atoms with E-state index in [9.17, 15) is 14.3 Å². The van der Waals surface area contributed by atoms with Crippen LogP contribution in [0.15, 0.2) is 11.1 Å². The molecule has 0 radical (unpaired) electrons. The van der Waals surface area contributed by atoms with E-state index >= 15 is 0 Å². The molecule has 132 valence electrons. The first-order valence-electron chi connectivity index (χ1n) is 6.85. The maximum atomic E-state index is 11.8. The fraction of sp³-hybridized carbons (Fsp3) is 0.545. The standard InChI is InChI=1S/C11H15IN5O6P/c1-21-24(19,20)22-3-5-2-6(12)10(23-5)17-4-14-7-8(17)15-11(13)16-9(7)18/h4-6,10H,2-3H2,1H3,(H,19,20)(H3,13,15,16,18)/t5-,6+,10+/m0/s1. The van der Waals surface area contributed by atoms with E-state index in [-0.39, 0.29) is 22.0 Å². The number of aromatic nitrogens is 4. The Hall–Kier alpha value is -1.05. The third-order valence-electron chi connectivity index (χ3n) is 3.51. The van der Waals surface area contributed by atoms with E-state index in [0.29, 0.717) is 12.1 Å². The van der Waals surface area contributed by atoms with Crippen LogP contribution in [0.3, 0.4) is 0 Å². The first-order chi connectivity index (χ1) is 11.3. The molecule has 0 amide bonds. The molecule has 1 aliphatic rings. The van der Waals surface area contributed by atoms with Gasteiger partial charge in [0.25, 0.3) is 5.56 Å². The van der Waals surface area contributed by atoms with Crippen molar-refractivity contribution in [2.45, 2.75) is 22.7 Å². The number of phosphoric ester groups is 1. The molecule has 0 spiro atoms. The number of nitrogens with zero attached hydrogens (tertiary/aromatic N) is 3. The first kappa shape index (κ1) is 17.8. The van der Waals surface area contributed by atoms with Gasteiger partial charge in [0.2, 0.25) is 5.95 Å². The Morgan fingerprint density at radius 2 is 2.42 bits per heavy atom. The minimum atomic E-state index is -4.05. The van der Waals surface area contributed by atoms with Crippen LogP contribution in [-0.2, 0) is 18.3 Å². The van der Waals surface area contributed by atoms with Gasteiger partial charge in [0.1, 0.15) is 6.23 Å². The van der Waals surface area contributed by atoms with Crippen molar-refractivity contribution >= 4 is 47.5 Å². The van der Waals surface area contributed by atoms with E-state index < -0.39 is 25.7 Å². The van der Waals surface area contributed by atoms with Crippen LogP contribution in [-0.4, -0.2) is 48.2 Å². The molecule has 4 atom stereocenters. The molecule has 3 heterocycles. The van der Waals surface area contributed by atoms with Crippen molar-refractivity contribution in [1.82, 2.24) is 19.5 Å². The highest BCUT2D eigenvalue weighted by Crippen LogP contribution is 2.44. The second kappa shape index (κ2) is 6.69. The van der Waals surface area contributed by atoms with Gasteiger partial charge in [0.15, 0.2) is 11.2 Å². The van der Waals surface area contributed by atoms with Crippen molar-refractivity contribution in [2.75, 3.05) is 19.5 Å². The predicted molar refractivity (Wildman–Crippen MR) is 91.7 cm³/mol. The Labute approximate surface area is 149 Å². The summed E-state index contributed by atoms with van der Waals surface area (Å²) in [5, 5.41) is 0. The number of aromatic amines is 1. The summed E-state index contributed by atoms with van der Waals surface area (Å²) < 4.78 is 28.1. The van der Waals surface area contributed by atoms with E-state index in [1.54, 1.807) is 4.57 Å². The Morgan fingerprint density at radius 1 is 1.67 bits per heavy atom. The smallest absolute Gasteiger partial charge is 0.369 e. The summed E-state index contributed by atoms with van der Waals surface area (Å²) in [5.74, 6) is -0.0153. The van der Waals surface area contributed by atoms with Gasteiger partial charge in [-0.2, -0.15) is 4.98 Å². The number of ether oxygens (including phenoxy) is 1. The van der Waals surface area contributed by atoms with Gasteiger partial charge >= 0.3 is 7.82 Å². The molecular formula is C11H15IN5O6P. The van der Waals surface area contributed by atoms with Gasteiger partial charge in [-0.25, -0.2) is 9.55 Å². The second-order valence-electron chi connectivity index (χ2n) is 5.12. The zero-order chi connectivity index (χ0) is 17.5. The summed E-state index contributed by atoms with van der Waals surface area (Å²) in [5.41, 5.74) is 5.63. The van der Waals surface area contributed by atoms with Gasteiger partial charge in [0.05, 0.1) is 23.0 Å². The third kappa shape index (κ3) is 3.48. The Bertz CT molecular complexity index is 855. The number of nitrogen functional groups attached to an aromatic ring is 1. The van der Waals surface area contributed by atoms with Gasteiger partial charge in [0, 0.05) is 7.11 Å². The van der Waals surface area contributed by atoms with Crippen LogP contribution in [0.4, 0.5) is 5.95 Å². The number of fused-ring (bicyclic) bond motifs is 1. The molecule has 0 bridgehead atoms. The number of hydrogen-bond acceptors (Lipinski definition) is 8. The lowest BCUT2D eigenvalue weighted by Gasteiger charge is -2.17. The number of H-pyrrole nitrogens is 1. The Balaban J connectivity index is 1.81. The largest absolute Gasteiger partial charge is 0.472 e. The fourth-order valence-corrected chi connectivity index (χ4v) is 3.96. The number of nitrogens with two attached hydrogens (primary N) is 1. The fourth-order valence-electron chi connectivity index (χ4n) is 2.41. The zero-order valence-corrected chi connectivity index (χ0v) is 15.5. The summed E-state index contributed by atoms with van der Waals surface area (Å²) in [6.07, 6.45) is 1.16. The highest BCUT2D eigenvalue weighted by molar-refractivity contribution is 14.1. The normalized spacial score (nSPS) is 26.7. The molecule has 1 fully saturated rings. The van der Waals surface area contributed by atoms with Crippen LogP contribution in [0.5, 0.6) is 0 Å². The van der Waals surface area contributed by atoms with Crippen molar-refractivity contribution in [2.24, 2.45) is 0 Å². The summed E-state index contributed by atoms with van der Waals surface area (Å²) >= 11 is 2.19. The van der Waals surface area contributed by atoms with E-state index in [2.05, 4.69) is 42.1 Å². The third-order valence-corrected chi connectivity index (χ3v) is 5.57. The maximum absolute atomic E-state index is 11.8. The molecule has 4 N–H and O–H groups in total. The van der Waals surface area contributed by atoms with Crippen LogP contribution in [0.25, 0.3) is 11.2 Å². The monoisotopic (exact) mass is 471 g/mol. The molecule has 1 unspecified atom stereocenters. The molecule has 0 aromatic carbocycles. The quantitative estimate of drug-likeness (QED) is 0.322. The van der Waals surface area contributed by atoms with E-state index in [1.807, 2.05) is 0 Å². The number of hydrogen-bond donors (Lipinski definition) is 3. The number of rotatable bonds is 5. The lowest BCUT2D eigenvalue weighted by Crippen LogP contribution is -2.18. The SMILES string of the molecule is COP(=O)(O)OC[C@@H]1C[C@@H](I)[C@H](n2cnc3c(=O)[nH]c(N)nc32)O1. The summed E-state index contributed by atoms with van der Waals surface area (Å²) in [6.45, 7) is -0.0968. The summed E-state index contributed by atoms with van der Waals surface area (Å²) in [7, 11) is -2.96. The van der Waals surface area contributed by atoms with Crippen LogP contribution < -0.4 is 11.3 Å². The molecule has 1 aliphatic heterocycles. The molecule has 24 heavy (non-hydrogen) atoms. The first-order valence-corrected chi connectivity index (χ1v) is 9.60. The van der Waals surface area contributed by atoms with E-state index in [1.165, 1.54) is 6.33 Å². The molecule has 2 aromatic rings. The molecule has 0 saturated carbocycles. The lowest BCUT2D eigenvalue weighted by atomic mass is 10.2. The highest BCUT2D eigenvalue weighted by Gasteiger charge is 2.37. The average Bonchev–Trinajstić information content (AvgIpc) is 3.08. The number of alkyl halides is 1. The minimum Gasteiger partial charge on any atom is -0.369 e. The molecule has 13 heteroatoms. The van der Waals surface area contributed by atoms with Crippen molar-refractivity contribution in [3.05, 3.63) is 16.7 Å². The van der Waals surface area contributed by atoms with Crippen LogP contribution in [0.1, 0.15) is 12.6 Å². The van der Waals surface area contributed by atoms with Crippen molar-refractivity contribution in [1.29, 1.82) is 0 Å². The number of imidazole rings is 1. The number of phosphoric acid groups is 1. The van der Waals surface area contributed by atoms with Crippen molar-refractivity contribution < 1.29 is 23.2 Å². The van der Waals surface area contributed by atoms with Gasteiger partial charge < -0.3 is 15.4 Å². The molecule has 11 nitrogen and oxygen atoms in total. The number of halogens is 1. The summed E-state index contributed by atoms with van der Waals surface area (Å²) in [6, 6.07) is 0. The van der Waals surface area contributed by atoms with Gasteiger partial charge in [-0.3, -0.25) is 23.4 Å². The van der Waals surface area contributed by atoms with Crippen molar-refractivity contribution in [3.8, 4) is 0 Å². The number of nitrogens with one attached hydrogen (secondary N) is 1. The predicted octanol–water partition coefficient (Wildman–Crippen LogP) is 0.556. The average molecular weight is 471 g/mol. The highest BCUT2D eigenvalue weighted by atomic mass is 127. The van der Waals surface area contributed by atoms with Crippen LogP contribution in [0.2, 0.25) is 0 Å². The lowest BCUT2D eigenvalue weighted by molar-refractivity contribution is -0.0195. The molecular weight excluding hydrogens is 456 g/mol. The van der Waals surface area contributed by atoms with Gasteiger partial charge in [-0.15, -0.1) is 0 Å². The van der Waals surface area contributed by atoms with E-state index in [4.69, 9.17) is 15.0 Å². The topological polar surface area (TPSA) is 155 Å². The Kier molecular flexibility index (Phi) is 4.95. The molecule has 2 aromatic heterocycles. The maximum Gasteiger partial charge on any atom is 0.472 e. The molecule has 0 aliphatic carbocycles. The zero-order valence-electron chi connectivity index (χ0n) is 12.5. The summed E-state index contributed by atoms with van der Waals surface area (Å²) in [4.78, 5) is 31.6. The van der Waals surface area contributed by atoms with Crippen molar-refractivity contribution in [3.63, 3.8) is 0 Å². The number of anilines is 1. The second-order valence-corrected chi connectivity index (χ2v) is 8.28. The minimum absolute atomic E-state index is 0.0107. The van der Waals surface area contributed by atoms with Crippen LogP contribution in [0, 0.1) is 0 Å². The Morgan fingerprint density at radius 3 is 3.12 bits per heavy atom. The van der Waals surface area contributed by atoms with E-state index in [0.717, 1.165) is 7.11 Å². The van der Waals surface area contributed by atoms with Gasteiger partial charge in [-0.05, 0) is 6.42 Å².